The van der Waals surface area contributed by atoms with E-state index < -0.39 is 59.6 Å². The van der Waals surface area contributed by atoms with E-state index in [-0.39, 0.29) is 39.9 Å². The molecule has 0 bridgehead atoms. The van der Waals surface area contributed by atoms with Crippen molar-refractivity contribution in [1.29, 1.82) is 0 Å². The number of halogens is 1. The molecule has 274 valence electrons. The fourth-order valence-electron chi connectivity index (χ4n) is 8.31. The average Bonchev–Trinajstić information content (AvgIpc) is 3.54. The van der Waals surface area contributed by atoms with Gasteiger partial charge < -0.3 is 37.6 Å². The molecule has 0 unspecified atom stereocenters. The van der Waals surface area contributed by atoms with Crippen molar-refractivity contribution in [3.8, 4) is 5.75 Å². The molecule has 0 aliphatic carbocycles. The van der Waals surface area contributed by atoms with Crippen LogP contribution in [-0.4, -0.2) is 78.2 Å². The van der Waals surface area contributed by atoms with Gasteiger partial charge in [-0.3, -0.25) is 0 Å². The summed E-state index contributed by atoms with van der Waals surface area (Å²) in [5, 5.41) is 12.8. The van der Waals surface area contributed by atoms with Crippen molar-refractivity contribution in [3.63, 3.8) is 0 Å². The van der Waals surface area contributed by atoms with Crippen LogP contribution in [0.4, 0.5) is 0 Å². The highest BCUT2D eigenvalue weighted by molar-refractivity contribution is 6.78. The summed E-state index contributed by atoms with van der Waals surface area (Å²) in [7, 11) is -5.29. The molecule has 2 saturated heterocycles. The predicted molar refractivity (Wildman–Crippen MR) is 194 cm³/mol. The molecule has 48 heavy (non-hydrogen) atoms. The normalized spacial score (nSPS) is 24.5. The van der Waals surface area contributed by atoms with Gasteiger partial charge in [0.25, 0.3) is 0 Å². The second kappa shape index (κ2) is 17.3. The molecule has 5 atom stereocenters. The van der Waals surface area contributed by atoms with E-state index in [0.29, 0.717) is 24.0 Å². The molecule has 2 aliphatic heterocycles. The van der Waals surface area contributed by atoms with Crippen molar-refractivity contribution in [3.05, 3.63) is 41.4 Å². The molecule has 0 spiro atoms. The van der Waals surface area contributed by atoms with Gasteiger partial charge in [0.2, 0.25) is 22.9 Å². The van der Waals surface area contributed by atoms with E-state index in [1.807, 2.05) is 6.07 Å². The van der Waals surface area contributed by atoms with Crippen LogP contribution in [0.1, 0.15) is 94.9 Å². The Kier molecular flexibility index (Phi) is 14.8. The van der Waals surface area contributed by atoms with E-state index in [4.69, 9.17) is 44.1 Å². The zero-order valence-corrected chi connectivity index (χ0v) is 33.9. The lowest BCUT2D eigenvalue weighted by Crippen LogP contribution is -2.68. The van der Waals surface area contributed by atoms with E-state index in [1.165, 1.54) is 6.08 Å². The summed E-state index contributed by atoms with van der Waals surface area (Å²) in [6.07, 6.45) is -4.85. The predicted octanol–water partition coefficient (Wildman–Crippen LogP) is 8.70. The molecule has 2 aliphatic rings. The summed E-state index contributed by atoms with van der Waals surface area (Å²) in [4.78, 5) is 13.8. The second-order valence-electron chi connectivity index (χ2n) is 15.0. The molecule has 1 N–H and O–H groups in total. The third-order valence-corrected chi connectivity index (χ3v) is 22.8. The highest BCUT2D eigenvalue weighted by Gasteiger charge is 2.59. The van der Waals surface area contributed by atoms with Gasteiger partial charge in [-0.25, -0.2) is 4.79 Å². The maximum absolute atomic E-state index is 13.8. The molecule has 1 aromatic rings. The van der Waals surface area contributed by atoms with E-state index in [1.54, 1.807) is 12.1 Å². The lowest BCUT2D eigenvalue weighted by atomic mass is 9.99. The van der Waals surface area contributed by atoms with Gasteiger partial charge in [0.15, 0.2) is 12.4 Å². The first-order valence-corrected chi connectivity index (χ1v) is 22.3. The number of benzene rings is 1. The number of hydrogen-bond acceptors (Lipinski definition) is 9. The van der Waals surface area contributed by atoms with Gasteiger partial charge in [0.05, 0.1) is 18.2 Å². The standard InChI is InChI=1S/C36H61ClO9Si2/c1-14-17-40-34(39)33-31(45-47(21(2)3,22(4)5)23(6)7)30(38)32(46-48(24(8)9,25(10)11)26(12)13)36(44-33)43-29-16-15-27(20-28(29)37)35-41-18-19-42-35/h14-16,20-26,30-33,35-36,38H,1,17-19H2,2-13H3/t30-,31-,32+,33-,36+/m0/s1. The minimum Gasteiger partial charge on any atom is -0.460 e. The quantitative estimate of drug-likeness (QED) is 0.102. The van der Waals surface area contributed by atoms with E-state index in [9.17, 15) is 9.90 Å². The first-order valence-electron chi connectivity index (χ1n) is 17.6. The SMILES string of the molecule is C=CCOC(=O)[C@H]1O[C@@H](Oc2ccc(C3OCCO3)cc2Cl)[C@H](O[Si](C(C)C)(C(C)C)C(C)C)[C@@H](O)[C@@H]1O[Si](C(C)C)(C(C)C)C(C)C. The molecule has 0 saturated carbocycles. The van der Waals surface area contributed by atoms with Gasteiger partial charge in [0, 0.05) is 5.56 Å². The highest BCUT2D eigenvalue weighted by Crippen LogP contribution is 2.48. The number of aliphatic hydroxyl groups is 1. The molecular weight excluding hydrogens is 668 g/mol. The van der Waals surface area contributed by atoms with Crippen LogP contribution in [0, 0.1) is 0 Å². The van der Waals surface area contributed by atoms with E-state index >= 15 is 0 Å². The lowest BCUT2D eigenvalue weighted by molar-refractivity contribution is -0.266. The van der Waals surface area contributed by atoms with Crippen LogP contribution in [0.5, 0.6) is 5.75 Å². The number of hydrogen-bond donors (Lipinski definition) is 1. The van der Waals surface area contributed by atoms with Gasteiger partial charge in [-0.15, -0.1) is 0 Å². The monoisotopic (exact) mass is 728 g/mol. The van der Waals surface area contributed by atoms with Crippen molar-refractivity contribution in [2.75, 3.05) is 19.8 Å². The maximum atomic E-state index is 13.8. The van der Waals surface area contributed by atoms with Gasteiger partial charge in [-0.1, -0.05) is 113 Å². The van der Waals surface area contributed by atoms with Crippen molar-refractivity contribution in [1.82, 2.24) is 0 Å². The Hall–Kier alpha value is -1.29. The molecule has 0 radical (unpaired) electrons. The largest absolute Gasteiger partial charge is 0.460 e. The number of carbonyl (C=O) groups excluding carboxylic acids is 1. The van der Waals surface area contributed by atoms with Crippen LogP contribution >= 0.6 is 11.6 Å². The smallest absolute Gasteiger partial charge is 0.338 e. The Morgan fingerprint density at radius 2 is 1.35 bits per heavy atom. The molecule has 2 fully saturated rings. The third-order valence-electron chi connectivity index (χ3n) is 10.3. The summed E-state index contributed by atoms with van der Waals surface area (Å²) < 4.78 is 44.4. The minimum atomic E-state index is -2.65. The fourth-order valence-corrected chi connectivity index (χ4v) is 19.6. The average molecular weight is 730 g/mol. The molecular formula is C36H61ClO9Si2. The van der Waals surface area contributed by atoms with Crippen molar-refractivity contribution in [2.24, 2.45) is 0 Å². The van der Waals surface area contributed by atoms with Crippen LogP contribution in [0.2, 0.25) is 38.3 Å². The van der Waals surface area contributed by atoms with E-state index in [0.717, 1.165) is 5.56 Å². The second-order valence-corrected chi connectivity index (χ2v) is 26.2. The molecule has 1 aromatic carbocycles. The van der Waals surface area contributed by atoms with Crippen LogP contribution in [0.15, 0.2) is 30.9 Å². The van der Waals surface area contributed by atoms with Crippen molar-refractivity contribution < 1.29 is 42.4 Å². The Morgan fingerprint density at radius 3 is 1.79 bits per heavy atom. The van der Waals surface area contributed by atoms with Crippen LogP contribution < -0.4 is 4.74 Å². The van der Waals surface area contributed by atoms with Gasteiger partial charge >= 0.3 is 5.97 Å². The number of carbonyl (C=O) groups is 1. The maximum Gasteiger partial charge on any atom is 0.338 e. The summed E-state index contributed by atoms with van der Waals surface area (Å²) in [6.45, 7) is 30.7. The zero-order chi connectivity index (χ0) is 36.1. The molecule has 3 rings (SSSR count). The summed E-state index contributed by atoms with van der Waals surface area (Å²) in [5.74, 6) is -0.356. The number of rotatable bonds is 16. The van der Waals surface area contributed by atoms with Gasteiger partial charge in [-0.2, -0.15) is 0 Å². The first-order chi connectivity index (χ1) is 22.4. The Bertz CT molecular complexity index is 1160. The van der Waals surface area contributed by atoms with Gasteiger partial charge in [0.1, 0.15) is 30.7 Å². The van der Waals surface area contributed by atoms with Gasteiger partial charge in [-0.05, 0) is 45.4 Å². The van der Waals surface area contributed by atoms with Crippen LogP contribution in [-0.2, 0) is 32.6 Å². The number of ether oxygens (including phenoxy) is 5. The van der Waals surface area contributed by atoms with Crippen molar-refractivity contribution >= 4 is 34.2 Å². The molecule has 9 nitrogen and oxygen atoms in total. The van der Waals surface area contributed by atoms with Crippen LogP contribution in [0.3, 0.4) is 0 Å². The number of esters is 1. The van der Waals surface area contributed by atoms with Crippen molar-refractivity contribution in [2.45, 2.75) is 153 Å². The molecule has 0 amide bonds. The summed E-state index contributed by atoms with van der Waals surface area (Å²) in [5.41, 5.74) is 1.90. The summed E-state index contributed by atoms with van der Waals surface area (Å²) in [6, 6.07) is 5.26. The highest BCUT2D eigenvalue weighted by atomic mass is 35.5. The molecule has 12 heteroatoms. The first kappa shape index (κ1) is 41.1. The zero-order valence-electron chi connectivity index (χ0n) is 31.2. The topological polar surface area (TPSA) is 102 Å². The third kappa shape index (κ3) is 8.42. The molecule has 2 heterocycles. The van der Waals surface area contributed by atoms with E-state index in [2.05, 4.69) is 89.7 Å². The summed E-state index contributed by atoms with van der Waals surface area (Å²) >= 11 is 6.78. The Morgan fingerprint density at radius 1 is 0.875 bits per heavy atom. The number of aliphatic hydroxyl groups excluding tert-OH is 1. The molecule has 0 aromatic heterocycles. The Balaban J connectivity index is 2.18. The Labute approximate surface area is 296 Å². The lowest BCUT2D eigenvalue weighted by Gasteiger charge is -2.53. The van der Waals surface area contributed by atoms with Crippen LogP contribution in [0.25, 0.3) is 0 Å². The fraction of sp³-hybridized carbons (Fsp3) is 0.750. The minimum absolute atomic E-state index is 0.0171.